The molecule has 8 heteroatoms. The van der Waals surface area contributed by atoms with Gasteiger partial charge >= 0.3 is 0 Å². The normalized spacial score (nSPS) is 11.2. The highest BCUT2D eigenvalue weighted by atomic mass is 35.5. The molecule has 0 aliphatic rings. The second-order valence-corrected chi connectivity index (χ2v) is 8.22. The van der Waals surface area contributed by atoms with Crippen LogP contribution >= 0.6 is 11.6 Å². The number of aryl methyl sites for hydroxylation is 1. The molecule has 0 saturated carbocycles. The van der Waals surface area contributed by atoms with Gasteiger partial charge < -0.3 is 10.1 Å². The smallest absolute Gasteiger partial charge is 0.262 e. The van der Waals surface area contributed by atoms with Crippen molar-refractivity contribution in [2.75, 3.05) is 18.5 Å². The fourth-order valence-electron chi connectivity index (χ4n) is 2.21. The molecule has 0 aliphatic carbocycles. The van der Waals surface area contributed by atoms with Gasteiger partial charge in [-0.3, -0.25) is 4.79 Å². The maximum atomic E-state index is 12.2. The number of carbonyl (C=O) groups excluding carboxylic acids is 1. The maximum absolute atomic E-state index is 12.2. The van der Waals surface area contributed by atoms with Crippen molar-refractivity contribution in [2.24, 2.45) is 0 Å². The highest BCUT2D eigenvalue weighted by Gasteiger charge is 2.16. The lowest BCUT2D eigenvalue weighted by Crippen LogP contribution is -2.24. The molecule has 2 N–H and O–H groups in total. The largest absolute Gasteiger partial charge is 0.482 e. The minimum Gasteiger partial charge on any atom is -0.482 e. The molecule has 0 unspecified atom stereocenters. The van der Waals surface area contributed by atoms with E-state index >= 15 is 0 Å². The third-order valence-corrected chi connectivity index (χ3v) is 5.48. The van der Waals surface area contributed by atoms with Crippen molar-refractivity contribution in [3.05, 3.63) is 53.1 Å². The zero-order valence-electron chi connectivity index (χ0n) is 15.3. The Bertz CT molecular complexity index is 883. The van der Waals surface area contributed by atoms with Crippen LogP contribution in [-0.2, 0) is 14.8 Å². The molecule has 2 aromatic rings. The second-order valence-electron chi connectivity index (χ2n) is 6.05. The number of carbonyl (C=O) groups is 1. The summed E-state index contributed by atoms with van der Waals surface area (Å²) in [7, 11) is -3.62. The molecule has 146 valence electrons. The lowest BCUT2D eigenvalue weighted by atomic mass is 10.2. The van der Waals surface area contributed by atoms with E-state index in [4.69, 9.17) is 16.3 Å². The Kier molecular flexibility index (Phi) is 7.65. The van der Waals surface area contributed by atoms with E-state index in [1.807, 2.05) is 26.0 Å². The zero-order valence-corrected chi connectivity index (χ0v) is 16.9. The second kappa shape index (κ2) is 9.73. The molecule has 0 saturated heterocycles. The summed E-state index contributed by atoms with van der Waals surface area (Å²) in [5.74, 6) is -0.101. The van der Waals surface area contributed by atoms with Gasteiger partial charge in [0.2, 0.25) is 10.0 Å². The number of sulfonamides is 1. The molecule has 0 fully saturated rings. The molecule has 27 heavy (non-hydrogen) atoms. The molecule has 0 aliphatic heterocycles. The lowest BCUT2D eigenvalue weighted by molar-refractivity contribution is -0.118. The van der Waals surface area contributed by atoms with E-state index < -0.39 is 10.0 Å². The molecular formula is C19H23ClN2O4S. The van der Waals surface area contributed by atoms with Crippen molar-refractivity contribution < 1.29 is 17.9 Å². The van der Waals surface area contributed by atoms with Crippen LogP contribution in [0.25, 0.3) is 0 Å². The van der Waals surface area contributed by atoms with Crippen molar-refractivity contribution >= 4 is 33.2 Å². The number of anilines is 1. The summed E-state index contributed by atoms with van der Waals surface area (Å²) >= 11 is 6.11. The van der Waals surface area contributed by atoms with E-state index in [-0.39, 0.29) is 28.2 Å². The first-order chi connectivity index (χ1) is 12.8. The van der Waals surface area contributed by atoms with Gasteiger partial charge in [0.05, 0.1) is 9.92 Å². The van der Waals surface area contributed by atoms with Crippen LogP contribution in [0.15, 0.2) is 47.4 Å². The Morgan fingerprint density at radius 3 is 2.48 bits per heavy atom. The number of rotatable bonds is 9. The van der Waals surface area contributed by atoms with Gasteiger partial charge in [0.1, 0.15) is 5.75 Å². The van der Waals surface area contributed by atoms with E-state index in [0.29, 0.717) is 12.2 Å². The highest BCUT2D eigenvalue weighted by Crippen LogP contribution is 2.27. The first-order valence-electron chi connectivity index (χ1n) is 8.60. The minimum absolute atomic E-state index is 0.0556. The van der Waals surface area contributed by atoms with Gasteiger partial charge in [-0.15, -0.1) is 0 Å². The van der Waals surface area contributed by atoms with Crippen LogP contribution in [0.4, 0.5) is 5.69 Å². The Morgan fingerprint density at radius 1 is 1.15 bits per heavy atom. The number of unbranched alkanes of at least 4 members (excludes halogenated alkanes) is 1. The summed E-state index contributed by atoms with van der Waals surface area (Å²) in [6.45, 7) is 4.06. The van der Waals surface area contributed by atoms with E-state index in [9.17, 15) is 13.2 Å². The van der Waals surface area contributed by atoms with Crippen LogP contribution in [0.1, 0.15) is 25.3 Å². The molecule has 6 nitrogen and oxygen atoms in total. The van der Waals surface area contributed by atoms with E-state index in [0.717, 1.165) is 18.4 Å². The fourth-order valence-corrected chi connectivity index (χ4v) is 3.61. The fraction of sp³-hybridized carbons (Fsp3) is 0.316. The number of hydrogen-bond acceptors (Lipinski definition) is 4. The van der Waals surface area contributed by atoms with Gasteiger partial charge in [-0.05, 0) is 43.7 Å². The first kappa shape index (κ1) is 21.2. The quantitative estimate of drug-likeness (QED) is 0.616. The third kappa shape index (κ3) is 6.53. The van der Waals surface area contributed by atoms with Crippen molar-refractivity contribution in [3.8, 4) is 5.75 Å². The molecule has 2 aromatic carbocycles. The summed E-state index contributed by atoms with van der Waals surface area (Å²) in [5.41, 5.74) is 1.76. The first-order valence-corrected chi connectivity index (χ1v) is 10.5. The van der Waals surface area contributed by atoms with Crippen LogP contribution in [0, 0.1) is 6.92 Å². The summed E-state index contributed by atoms with van der Waals surface area (Å²) in [5, 5.41) is 2.83. The molecule has 0 heterocycles. The number of hydrogen-bond donors (Lipinski definition) is 2. The molecule has 0 bridgehead atoms. The Labute approximate surface area is 164 Å². The van der Waals surface area contributed by atoms with Crippen molar-refractivity contribution in [1.29, 1.82) is 0 Å². The van der Waals surface area contributed by atoms with Gasteiger partial charge in [-0.25, -0.2) is 13.1 Å². The van der Waals surface area contributed by atoms with E-state index in [2.05, 4.69) is 10.0 Å². The zero-order chi connectivity index (χ0) is 19.9. The third-order valence-electron chi connectivity index (χ3n) is 3.73. The molecule has 0 spiro atoms. The number of halogens is 1. The Hall–Kier alpha value is -2.09. The lowest BCUT2D eigenvalue weighted by Gasteiger charge is -2.11. The summed E-state index contributed by atoms with van der Waals surface area (Å²) in [4.78, 5) is 12.0. The van der Waals surface area contributed by atoms with Gasteiger partial charge in [0.25, 0.3) is 5.91 Å². The van der Waals surface area contributed by atoms with E-state index in [1.165, 1.54) is 18.2 Å². The number of benzene rings is 2. The van der Waals surface area contributed by atoms with Crippen molar-refractivity contribution in [3.63, 3.8) is 0 Å². The van der Waals surface area contributed by atoms with Gasteiger partial charge in [0, 0.05) is 12.2 Å². The monoisotopic (exact) mass is 410 g/mol. The maximum Gasteiger partial charge on any atom is 0.262 e. The average Bonchev–Trinajstić information content (AvgIpc) is 2.62. The molecule has 0 atom stereocenters. The van der Waals surface area contributed by atoms with Gasteiger partial charge in [0.15, 0.2) is 6.61 Å². The Morgan fingerprint density at radius 2 is 1.85 bits per heavy atom. The highest BCUT2D eigenvalue weighted by molar-refractivity contribution is 7.89. The van der Waals surface area contributed by atoms with E-state index in [1.54, 1.807) is 12.1 Å². The number of nitrogens with one attached hydrogen (secondary N) is 2. The van der Waals surface area contributed by atoms with Crippen molar-refractivity contribution in [2.45, 2.75) is 31.6 Å². The number of amides is 1. The molecule has 0 aromatic heterocycles. The molecule has 0 radical (unpaired) electrons. The van der Waals surface area contributed by atoms with Crippen molar-refractivity contribution in [1.82, 2.24) is 4.72 Å². The topological polar surface area (TPSA) is 84.5 Å². The predicted octanol–water partition coefficient (Wildman–Crippen LogP) is 3.74. The molecule has 2 rings (SSSR count). The standard InChI is InChI=1S/C19H23ClN2O4S/c1-3-4-11-21-27(24,25)16-9-10-18(17(20)12-16)26-13-19(23)22-15-7-5-14(2)6-8-15/h5-10,12,21H,3-4,11,13H2,1-2H3,(H,22,23). The molecular weight excluding hydrogens is 388 g/mol. The summed E-state index contributed by atoms with van der Waals surface area (Å²) < 4.78 is 32.3. The average molecular weight is 411 g/mol. The van der Waals surface area contributed by atoms with Crippen LogP contribution in [0.3, 0.4) is 0 Å². The molecule has 1 amide bonds. The SMILES string of the molecule is CCCCNS(=O)(=O)c1ccc(OCC(=O)Nc2ccc(C)cc2)c(Cl)c1. The van der Waals surface area contributed by atoms with Crippen LogP contribution < -0.4 is 14.8 Å². The minimum atomic E-state index is -3.62. The predicted molar refractivity (Wildman–Crippen MR) is 107 cm³/mol. The summed E-state index contributed by atoms with van der Waals surface area (Å²) in [6, 6.07) is 11.5. The Balaban J connectivity index is 1.95. The van der Waals surface area contributed by atoms with Gasteiger partial charge in [-0.1, -0.05) is 42.6 Å². The van der Waals surface area contributed by atoms with Gasteiger partial charge in [-0.2, -0.15) is 0 Å². The number of ether oxygens (including phenoxy) is 1. The van der Waals surface area contributed by atoms with Crippen LogP contribution in [0.5, 0.6) is 5.75 Å². The summed E-state index contributed by atoms with van der Waals surface area (Å²) in [6.07, 6.45) is 1.64. The van der Waals surface area contributed by atoms with Crippen LogP contribution in [0.2, 0.25) is 5.02 Å². The van der Waals surface area contributed by atoms with Crippen LogP contribution in [-0.4, -0.2) is 27.5 Å².